The zero-order valence-corrected chi connectivity index (χ0v) is 17.6. The molecule has 0 aliphatic carbocycles. The van der Waals surface area contributed by atoms with Gasteiger partial charge in [0.15, 0.2) is 10.4 Å². The molecule has 1 aromatic heterocycles. The van der Waals surface area contributed by atoms with Crippen molar-refractivity contribution in [2.75, 3.05) is 11.1 Å². The second kappa shape index (κ2) is 10.2. The van der Waals surface area contributed by atoms with Crippen molar-refractivity contribution in [3.05, 3.63) is 54.6 Å². The van der Waals surface area contributed by atoms with E-state index in [9.17, 15) is 4.79 Å². The summed E-state index contributed by atoms with van der Waals surface area (Å²) in [6.07, 6.45) is 1.65. The molecule has 0 aliphatic rings. The second-order valence-corrected chi connectivity index (χ2v) is 8.53. The van der Waals surface area contributed by atoms with E-state index in [1.807, 2.05) is 42.5 Å². The number of amides is 1. The van der Waals surface area contributed by atoms with Crippen molar-refractivity contribution in [3.63, 3.8) is 0 Å². The normalized spacial score (nSPS) is 11.8. The van der Waals surface area contributed by atoms with Crippen molar-refractivity contribution < 1.29 is 9.53 Å². The monoisotopic (exact) mass is 413 g/mol. The highest BCUT2D eigenvalue weighted by molar-refractivity contribution is 8.01. The summed E-state index contributed by atoms with van der Waals surface area (Å²) in [7, 11) is 0. The van der Waals surface area contributed by atoms with Gasteiger partial charge in [-0.2, -0.15) is 0 Å². The molecule has 0 aliphatic heterocycles. The molecular formula is C21H23N3O2S2. The number of thioether (sulfide) groups is 1. The van der Waals surface area contributed by atoms with Gasteiger partial charge in [-0.05, 0) is 36.6 Å². The molecule has 0 fully saturated rings. The predicted octanol–water partition coefficient (Wildman–Crippen LogP) is 5.50. The Kier molecular flexibility index (Phi) is 7.45. The lowest BCUT2D eigenvalue weighted by atomic mass is 10.1. The van der Waals surface area contributed by atoms with E-state index in [4.69, 9.17) is 4.74 Å². The third-order valence-corrected chi connectivity index (χ3v) is 6.06. The molecule has 146 valence electrons. The number of anilines is 1. The molecule has 1 unspecified atom stereocenters. The zero-order chi connectivity index (χ0) is 19.8. The van der Waals surface area contributed by atoms with Gasteiger partial charge in [0.05, 0.1) is 0 Å². The minimum Gasteiger partial charge on any atom is -0.481 e. The number of hydrogen-bond donors (Lipinski definition) is 1. The SMILES string of the molecule is CCCCSc1nnc(NC(=O)C(C)Oc2ccc(-c3ccccc3)cc2)s1. The molecule has 0 saturated carbocycles. The minimum absolute atomic E-state index is 0.242. The highest BCUT2D eigenvalue weighted by Gasteiger charge is 2.17. The number of rotatable bonds is 9. The van der Waals surface area contributed by atoms with Crippen molar-refractivity contribution >= 4 is 34.1 Å². The molecular weight excluding hydrogens is 390 g/mol. The van der Waals surface area contributed by atoms with Gasteiger partial charge in [0.1, 0.15) is 5.75 Å². The molecule has 1 atom stereocenters. The minimum atomic E-state index is -0.636. The van der Waals surface area contributed by atoms with Crippen LogP contribution in [-0.4, -0.2) is 28.0 Å². The lowest BCUT2D eigenvalue weighted by Gasteiger charge is -2.14. The number of ether oxygens (including phenoxy) is 1. The summed E-state index contributed by atoms with van der Waals surface area (Å²) in [4.78, 5) is 12.4. The van der Waals surface area contributed by atoms with Crippen LogP contribution in [0.4, 0.5) is 5.13 Å². The topological polar surface area (TPSA) is 64.1 Å². The van der Waals surface area contributed by atoms with Gasteiger partial charge in [-0.25, -0.2) is 0 Å². The van der Waals surface area contributed by atoms with Gasteiger partial charge in [0.25, 0.3) is 5.91 Å². The number of nitrogens with zero attached hydrogens (tertiary/aromatic N) is 2. The first-order valence-corrected chi connectivity index (χ1v) is 11.0. The van der Waals surface area contributed by atoms with Gasteiger partial charge in [-0.1, -0.05) is 78.9 Å². The summed E-state index contributed by atoms with van der Waals surface area (Å²) < 4.78 is 6.63. The Hall–Kier alpha value is -2.38. The fourth-order valence-electron chi connectivity index (χ4n) is 2.44. The van der Waals surface area contributed by atoms with Gasteiger partial charge in [0, 0.05) is 5.75 Å². The highest BCUT2D eigenvalue weighted by atomic mass is 32.2. The molecule has 1 amide bonds. The van der Waals surface area contributed by atoms with Crippen LogP contribution in [0.2, 0.25) is 0 Å². The number of carbonyl (C=O) groups excluding carboxylic acids is 1. The molecule has 5 nitrogen and oxygen atoms in total. The first-order valence-electron chi connectivity index (χ1n) is 9.25. The van der Waals surface area contributed by atoms with Gasteiger partial charge >= 0.3 is 0 Å². The Labute approximate surface area is 173 Å². The van der Waals surface area contributed by atoms with E-state index in [-0.39, 0.29) is 5.91 Å². The third kappa shape index (κ3) is 5.81. The summed E-state index contributed by atoms with van der Waals surface area (Å²) in [6.45, 7) is 3.88. The van der Waals surface area contributed by atoms with Gasteiger partial charge in [-0.3, -0.25) is 10.1 Å². The molecule has 1 N–H and O–H groups in total. The van der Waals surface area contributed by atoms with Crippen molar-refractivity contribution in [3.8, 4) is 16.9 Å². The van der Waals surface area contributed by atoms with Crippen molar-refractivity contribution in [2.45, 2.75) is 37.1 Å². The Morgan fingerprint density at radius 3 is 2.54 bits per heavy atom. The van der Waals surface area contributed by atoms with E-state index in [2.05, 4.69) is 34.6 Å². The molecule has 28 heavy (non-hydrogen) atoms. The fourth-order valence-corrected chi connectivity index (χ4v) is 4.35. The largest absolute Gasteiger partial charge is 0.481 e. The standard InChI is InChI=1S/C21H23N3O2S2/c1-3-4-14-27-21-24-23-20(28-21)22-19(25)15(2)26-18-12-10-17(11-13-18)16-8-6-5-7-9-16/h5-13,15H,3-4,14H2,1-2H3,(H,22,23,25). The van der Waals surface area contributed by atoms with Crippen LogP contribution in [0.15, 0.2) is 58.9 Å². The number of nitrogens with one attached hydrogen (secondary N) is 1. The van der Waals surface area contributed by atoms with Crippen LogP contribution in [0, 0.1) is 0 Å². The summed E-state index contributed by atoms with van der Waals surface area (Å²) >= 11 is 3.05. The molecule has 0 spiro atoms. The molecule has 2 aromatic carbocycles. The van der Waals surface area contributed by atoms with E-state index < -0.39 is 6.10 Å². The van der Waals surface area contributed by atoms with Gasteiger partial charge in [-0.15, -0.1) is 10.2 Å². The van der Waals surface area contributed by atoms with E-state index >= 15 is 0 Å². The van der Waals surface area contributed by atoms with Crippen LogP contribution in [0.5, 0.6) is 5.75 Å². The number of benzene rings is 2. The summed E-state index contributed by atoms with van der Waals surface area (Å²) in [5.74, 6) is 1.42. The maximum absolute atomic E-state index is 12.4. The second-order valence-electron chi connectivity index (χ2n) is 6.21. The maximum atomic E-state index is 12.4. The number of aromatic nitrogens is 2. The van der Waals surface area contributed by atoms with E-state index in [1.54, 1.807) is 18.7 Å². The lowest BCUT2D eigenvalue weighted by Crippen LogP contribution is -2.30. The fraction of sp³-hybridized carbons (Fsp3) is 0.286. The van der Waals surface area contributed by atoms with E-state index in [1.165, 1.54) is 11.3 Å². The van der Waals surface area contributed by atoms with Crippen LogP contribution in [0.1, 0.15) is 26.7 Å². The van der Waals surface area contributed by atoms with Crippen LogP contribution >= 0.6 is 23.1 Å². The quantitative estimate of drug-likeness (QED) is 0.285. The van der Waals surface area contributed by atoms with Gasteiger partial charge < -0.3 is 4.74 Å². The molecule has 0 radical (unpaired) electrons. The Morgan fingerprint density at radius 1 is 1.11 bits per heavy atom. The maximum Gasteiger partial charge on any atom is 0.266 e. The van der Waals surface area contributed by atoms with Crippen LogP contribution < -0.4 is 10.1 Å². The lowest BCUT2D eigenvalue weighted by molar-refractivity contribution is -0.122. The molecule has 7 heteroatoms. The number of unbranched alkanes of at least 4 members (excludes halogenated alkanes) is 1. The Morgan fingerprint density at radius 2 is 1.82 bits per heavy atom. The number of hydrogen-bond acceptors (Lipinski definition) is 6. The van der Waals surface area contributed by atoms with Crippen LogP contribution in [0.3, 0.4) is 0 Å². The smallest absolute Gasteiger partial charge is 0.266 e. The summed E-state index contributed by atoms with van der Waals surface area (Å²) in [6, 6.07) is 17.8. The zero-order valence-electron chi connectivity index (χ0n) is 15.9. The van der Waals surface area contributed by atoms with E-state index in [0.717, 1.165) is 34.1 Å². The van der Waals surface area contributed by atoms with Crippen molar-refractivity contribution in [2.24, 2.45) is 0 Å². The first kappa shape index (κ1) is 20.4. The van der Waals surface area contributed by atoms with Crippen LogP contribution in [0.25, 0.3) is 11.1 Å². The van der Waals surface area contributed by atoms with E-state index in [0.29, 0.717) is 10.9 Å². The average Bonchev–Trinajstić information content (AvgIpc) is 3.16. The Bertz CT molecular complexity index is 882. The molecule has 0 saturated heterocycles. The van der Waals surface area contributed by atoms with Crippen LogP contribution in [-0.2, 0) is 4.79 Å². The molecule has 3 rings (SSSR count). The third-order valence-electron chi connectivity index (χ3n) is 4.00. The van der Waals surface area contributed by atoms with Gasteiger partial charge in [0.2, 0.25) is 5.13 Å². The molecule has 3 aromatic rings. The highest BCUT2D eigenvalue weighted by Crippen LogP contribution is 2.27. The first-order chi connectivity index (χ1) is 13.7. The predicted molar refractivity (Wildman–Crippen MR) is 116 cm³/mol. The number of carbonyl (C=O) groups is 1. The molecule has 0 bridgehead atoms. The van der Waals surface area contributed by atoms with Crippen molar-refractivity contribution in [1.82, 2.24) is 10.2 Å². The Balaban J connectivity index is 1.52. The summed E-state index contributed by atoms with van der Waals surface area (Å²) in [5, 5.41) is 11.4. The average molecular weight is 414 g/mol. The molecule has 1 heterocycles. The summed E-state index contributed by atoms with van der Waals surface area (Å²) in [5.41, 5.74) is 2.25. The van der Waals surface area contributed by atoms with Crippen molar-refractivity contribution in [1.29, 1.82) is 0 Å².